The van der Waals surface area contributed by atoms with Gasteiger partial charge in [-0.1, -0.05) is 0 Å². The lowest BCUT2D eigenvalue weighted by Crippen LogP contribution is -2.49. The average Bonchev–Trinajstić information content (AvgIpc) is 2.15. The molecule has 0 aliphatic heterocycles. The number of alkyl halides is 6. The van der Waals surface area contributed by atoms with E-state index in [1.165, 1.54) is 0 Å². The maximum atomic E-state index is 12.9. The van der Waals surface area contributed by atoms with Crippen LogP contribution in [-0.2, 0) is 18.1 Å². The molecule has 0 N–H and O–H groups in total. The minimum absolute atomic E-state index is 0.548. The predicted molar refractivity (Wildman–Crippen MR) is 38.6 cm³/mol. The van der Waals surface area contributed by atoms with Crippen LogP contribution in [0.4, 0.5) is 26.3 Å². The second-order valence-electron chi connectivity index (χ2n) is 2.35. The second kappa shape index (κ2) is 4.91. The van der Waals surface area contributed by atoms with E-state index < -0.39 is 26.3 Å². The van der Waals surface area contributed by atoms with E-state index in [2.05, 4.69) is 13.6 Å². The minimum atomic E-state index is -6.09. The zero-order chi connectivity index (χ0) is 13.2. The van der Waals surface area contributed by atoms with E-state index in [1.54, 1.807) is 0 Å². The first-order chi connectivity index (χ1) is 7.02. The number of phosphoric acid groups is 1. The summed E-state index contributed by atoms with van der Waals surface area (Å²) in [5.74, 6) is -5.42. The van der Waals surface area contributed by atoms with Crippen molar-refractivity contribution in [2.45, 2.75) is 18.5 Å². The van der Waals surface area contributed by atoms with Crippen molar-refractivity contribution in [1.82, 2.24) is 0 Å². The number of phosphoric ester groups is 1. The summed E-state index contributed by atoms with van der Waals surface area (Å²) < 4.78 is 94.2. The molecular formula is C5H7F6O4P. The lowest BCUT2D eigenvalue weighted by Gasteiger charge is -2.28. The van der Waals surface area contributed by atoms with Crippen LogP contribution in [0.1, 0.15) is 0 Å². The van der Waals surface area contributed by atoms with Crippen LogP contribution in [-0.4, -0.2) is 32.7 Å². The van der Waals surface area contributed by atoms with E-state index in [1.807, 2.05) is 0 Å². The average molecular weight is 276 g/mol. The molecular weight excluding hydrogens is 269 g/mol. The van der Waals surface area contributed by atoms with E-state index >= 15 is 0 Å². The van der Waals surface area contributed by atoms with E-state index in [4.69, 9.17) is 0 Å². The Hall–Kier alpha value is -0.310. The molecule has 0 spiro atoms. The minimum Gasteiger partial charge on any atom is -0.290 e. The van der Waals surface area contributed by atoms with Gasteiger partial charge in [0.25, 0.3) is 0 Å². The summed E-state index contributed by atoms with van der Waals surface area (Å²) in [5, 5.41) is 0. The van der Waals surface area contributed by atoms with Gasteiger partial charge in [-0.25, -0.2) is 17.9 Å². The molecule has 0 aliphatic carbocycles. The molecule has 11 heteroatoms. The first-order valence-corrected chi connectivity index (χ1v) is 4.94. The smallest absolute Gasteiger partial charge is 0.290 e. The molecule has 1 unspecified atom stereocenters. The molecule has 16 heavy (non-hydrogen) atoms. The molecule has 0 radical (unpaired) electrons. The van der Waals surface area contributed by atoms with Crippen molar-refractivity contribution in [3.8, 4) is 0 Å². The van der Waals surface area contributed by atoms with Gasteiger partial charge in [0.15, 0.2) is 0 Å². The van der Waals surface area contributed by atoms with Crippen molar-refractivity contribution in [2.24, 2.45) is 0 Å². The van der Waals surface area contributed by atoms with E-state index in [0.29, 0.717) is 14.2 Å². The Kier molecular flexibility index (Phi) is 4.81. The monoisotopic (exact) mass is 276 g/mol. The standard InChI is InChI=1S/C5H7F6O4P/c1-13-16(12,14-2)15-4(8,3(6)7)5(9,10)11/h3H,1-2H3. The highest BCUT2D eigenvalue weighted by atomic mass is 31.2. The van der Waals surface area contributed by atoms with Gasteiger partial charge in [0.2, 0.25) is 0 Å². The first kappa shape index (κ1) is 15.7. The molecule has 0 heterocycles. The number of hydrogen-bond donors (Lipinski definition) is 0. The second-order valence-corrected chi connectivity index (χ2v) is 4.15. The van der Waals surface area contributed by atoms with Gasteiger partial charge in [0.1, 0.15) is 0 Å². The zero-order valence-electron chi connectivity index (χ0n) is 7.93. The Balaban J connectivity index is 5.20. The van der Waals surface area contributed by atoms with E-state index in [9.17, 15) is 30.9 Å². The third kappa shape index (κ3) is 3.09. The Labute approximate surface area is 86.1 Å². The highest BCUT2D eigenvalue weighted by molar-refractivity contribution is 7.48. The van der Waals surface area contributed by atoms with E-state index in [-0.39, 0.29) is 0 Å². The quantitative estimate of drug-likeness (QED) is 0.572. The van der Waals surface area contributed by atoms with Crippen molar-refractivity contribution in [1.29, 1.82) is 0 Å². The van der Waals surface area contributed by atoms with Crippen LogP contribution >= 0.6 is 7.82 Å². The third-order valence-corrected chi connectivity index (χ3v) is 2.74. The molecule has 0 rings (SSSR count). The number of rotatable bonds is 5. The fourth-order valence-electron chi connectivity index (χ4n) is 0.527. The SMILES string of the molecule is COP(=O)(OC)OC(F)(C(F)F)C(F)(F)F. The van der Waals surface area contributed by atoms with Crippen molar-refractivity contribution in [2.75, 3.05) is 14.2 Å². The van der Waals surface area contributed by atoms with Gasteiger partial charge in [0, 0.05) is 14.2 Å². The van der Waals surface area contributed by atoms with Crippen LogP contribution in [0.3, 0.4) is 0 Å². The van der Waals surface area contributed by atoms with Gasteiger partial charge in [-0.05, 0) is 0 Å². The zero-order valence-corrected chi connectivity index (χ0v) is 8.82. The molecule has 0 saturated heterocycles. The van der Waals surface area contributed by atoms with Crippen LogP contribution in [0, 0.1) is 0 Å². The molecule has 0 aromatic rings. The summed E-state index contributed by atoms with van der Waals surface area (Å²) in [6.07, 6.45) is -10.7. The third-order valence-electron chi connectivity index (χ3n) is 1.36. The molecule has 4 nitrogen and oxygen atoms in total. The molecule has 0 saturated carbocycles. The number of halogens is 6. The van der Waals surface area contributed by atoms with Crippen molar-refractivity contribution in [3.05, 3.63) is 0 Å². The Morgan fingerprint density at radius 2 is 1.44 bits per heavy atom. The van der Waals surface area contributed by atoms with Crippen LogP contribution in [0.15, 0.2) is 0 Å². The largest absolute Gasteiger partial charge is 0.477 e. The molecule has 1 atom stereocenters. The molecule has 98 valence electrons. The van der Waals surface area contributed by atoms with Crippen LogP contribution < -0.4 is 0 Å². The highest BCUT2D eigenvalue weighted by Crippen LogP contribution is 2.56. The Bertz CT molecular complexity index is 273. The van der Waals surface area contributed by atoms with Crippen LogP contribution in [0.25, 0.3) is 0 Å². The maximum absolute atomic E-state index is 12.9. The van der Waals surface area contributed by atoms with Gasteiger partial charge >= 0.3 is 26.3 Å². The van der Waals surface area contributed by atoms with Crippen molar-refractivity contribution >= 4 is 7.82 Å². The van der Waals surface area contributed by atoms with Gasteiger partial charge in [0.05, 0.1) is 0 Å². The topological polar surface area (TPSA) is 44.8 Å². The predicted octanol–water partition coefficient (Wildman–Crippen LogP) is 2.90. The summed E-state index contributed by atoms with van der Waals surface area (Å²) in [6, 6.07) is 0. The fourth-order valence-corrected chi connectivity index (χ4v) is 1.33. The Morgan fingerprint density at radius 1 is 1.06 bits per heavy atom. The van der Waals surface area contributed by atoms with Crippen molar-refractivity contribution < 1.29 is 44.5 Å². The van der Waals surface area contributed by atoms with Crippen molar-refractivity contribution in [3.63, 3.8) is 0 Å². The summed E-state index contributed by atoms with van der Waals surface area (Å²) in [4.78, 5) is 0. The first-order valence-electron chi connectivity index (χ1n) is 3.48. The molecule has 0 aromatic carbocycles. The van der Waals surface area contributed by atoms with Gasteiger partial charge in [-0.2, -0.15) is 17.6 Å². The summed E-state index contributed by atoms with van der Waals surface area (Å²) >= 11 is 0. The summed E-state index contributed by atoms with van der Waals surface area (Å²) in [6.45, 7) is 0. The highest BCUT2D eigenvalue weighted by Gasteiger charge is 2.67. The lowest BCUT2D eigenvalue weighted by atomic mass is 10.3. The molecule has 0 amide bonds. The molecule has 0 aromatic heterocycles. The molecule has 0 fully saturated rings. The van der Waals surface area contributed by atoms with Crippen LogP contribution in [0.2, 0.25) is 0 Å². The summed E-state index contributed by atoms with van der Waals surface area (Å²) in [5.41, 5.74) is 0. The van der Waals surface area contributed by atoms with Gasteiger partial charge in [-0.15, -0.1) is 0 Å². The van der Waals surface area contributed by atoms with E-state index in [0.717, 1.165) is 0 Å². The molecule has 0 aliphatic rings. The molecule has 0 bridgehead atoms. The van der Waals surface area contributed by atoms with Gasteiger partial charge in [-0.3, -0.25) is 9.05 Å². The number of hydrogen-bond acceptors (Lipinski definition) is 4. The Morgan fingerprint density at radius 3 is 1.62 bits per heavy atom. The van der Waals surface area contributed by atoms with Gasteiger partial charge < -0.3 is 0 Å². The maximum Gasteiger partial charge on any atom is 0.477 e. The van der Waals surface area contributed by atoms with Crippen LogP contribution in [0.5, 0.6) is 0 Å². The summed E-state index contributed by atoms with van der Waals surface area (Å²) in [7, 11) is -3.93. The lowest BCUT2D eigenvalue weighted by molar-refractivity contribution is -0.344. The normalized spacial score (nSPS) is 17.6. The fraction of sp³-hybridized carbons (Fsp3) is 1.00.